The summed E-state index contributed by atoms with van der Waals surface area (Å²) >= 11 is 0. The summed E-state index contributed by atoms with van der Waals surface area (Å²) in [5, 5.41) is 20.3. The Morgan fingerprint density at radius 1 is 1.50 bits per heavy atom. The maximum absolute atomic E-state index is 13.2. The van der Waals surface area contributed by atoms with Gasteiger partial charge in [-0.3, -0.25) is 10.1 Å². The average Bonchev–Trinajstić information content (AvgIpc) is 2.17. The first-order valence-corrected chi connectivity index (χ1v) is 4.90. The molecule has 0 atom stereocenters. The first kappa shape index (κ1) is 10.8. The Labute approximate surface area is 90.8 Å². The normalized spacial score (nSPS) is 17.9. The Morgan fingerprint density at radius 2 is 2.12 bits per heavy atom. The molecule has 0 aliphatic heterocycles. The van der Waals surface area contributed by atoms with Crippen molar-refractivity contribution >= 4 is 5.69 Å². The van der Waals surface area contributed by atoms with Crippen LogP contribution in [0.4, 0.5) is 10.1 Å². The van der Waals surface area contributed by atoms with Crippen LogP contribution in [-0.4, -0.2) is 10.0 Å². The minimum atomic E-state index is -0.822. The maximum atomic E-state index is 13.2. The Balaban J connectivity index is 2.57. The van der Waals surface area contributed by atoms with Crippen LogP contribution in [0.25, 0.3) is 0 Å². The number of rotatable bonds is 2. The Morgan fingerprint density at radius 3 is 2.56 bits per heavy atom. The third-order valence-electron chi connectivity index (χ3n) is 3.03. The third kappa shape index (κ3) is 1.51. The van der Waals surface area contributed by atoms with E-state index in [1.165, 1.54) is 0 Å². The predicted molar refractivity (Wildman–Crippen MR) is 54.4 cm³/mol. The van der Waals surface area contributed by atoms with Gasteiger partial charge in [0.05, 0.1) is 11.0 Å². The lowest BCUT2D eigenvalue weighted by Crippen LogP contribution is -2.43. The van der Waals surface area contributed by atoms with Crippen LogP contribution in [0.15, 0.2) is 12.1 Å². The summed E-state index contributed by atoms with van der Waals surface area (Å²) in [4.78, 5) is 9.78. The molecule has 0 unspecified atom stereocenters. The average molecular weight is 226 g/mol. The first-order chi connectivity index (χ1) is 7.44. The minimum absolute atomic E-state index is 0.130. The molecule has 0 amide bonds. The molecule has 0 bridgehead atoms. The lowest BCUT2D eigenvalue weighted by Gasteiger charge is -2.38. The number of phenolic OH excluding ortho intramolecular Hbond substituents is 1. The Bertz CT molecular complexity index is 458. The van der Waals surface area contributed by atoms with Gasteiger partial charge in [-0.05, 0) is 25.3 Å². The van der Waals surface area contributed by atoms with Crippen molar-refractivity contribution in [1.29, 1.82) is 0 Å². The number of nitrogens with two attached hydrogens (primary N) is 1. The molecule has 6 heteroatoms. The molecule has 16 heavy (non-hydrogen) atoms. The molecular formula is C10H11FN2O3. The molecule has 1 aliphatic rings. The molecule has 0 radical (unpaired) electrons. The second-order valence-electron chi connectivity index (χ2n) is 4.09. The van der Waals surface area contributed by atoms with E-state index < -0.39 is 27.7 Å². The van der Waals surface area contributed by atoms with Crippen LogP contribution in [0.5, 0.6) is 5.75 Å². The molecule has 0 heterocycles. The van der Waals surface area contributed by atoms with E-state index in [-0.39, 0.29) is 5.56 Å². The maximum Gasteiger partial charge on any atom is 0.313 e. The quantitative estimate of drug-likeness (QED) is 0.594. The zero-order valence-corrected chi connectivity index (χ0v) is 8.44. The molecule has 1 saturated carbocycles. The summed E-state index contributed by atoms with van der Waals surface area (Å²) in [6.45, 7) is 0. The van der Waals surface area contributed by atoms with Crippen LogP contribution in [0.2, 0.25) is 0 Å². The summed E-state index contributed by atoms with van der Waals surface area (Å²) < 4.78 is 13.2. The molecule has 5 nitrogen and oxygen atoms in total. The van der Waals surface area contributed by atoms with E-state index in [1.807, 2.05) is 0 Å². The largest absolute Gasteiger partial charge is 0.502 e. The van der Waals surface area contributed by atoms with Gasteiger partial charge in [-0.2, -0.15) is 0 Å². The number of hydrogen-bond donors (Lipinski definition) is 2. The lowest BCUT2D eigenvalue weighted by atomic mass is 9.72. The summed E-state index contributed by atoms with van der Waals surface area (Å²) in [7, 11) is 0. The van der Waals surface area contributed by atoms with E-state index in [2.05, 4.69) is 0 Å². The smallest absolute Gasteiger partial charge is 0.313 e. The van der Waals surface area contributed by atoms with Crippen LogP contribution in [0.1, 0.15) is 24.8 Å². The number of halogens is 1. The van der Waals surface area contributed by atoms with Gasteiger partial charge in [0.15, 0.2) is 5.75 Å². The molecule has 0 spiro atoms. The number of phenols is 1. The van der Waals surface area contributed by atoms with Crippen LogP contribution in [0.3, 0.4) is 0 Å². The molecule has 3 N–H and O–H groups in total. The molecular weight excluding hydrogens is 215 g/mol. The first-order valence-electron chi connectivity index (χ1n) is 4.90. The highest BCUT2D eigenvalue weighted by Crippen LogP contribution is 2.45. The fourth-order valence-electron chi connectivity index (χ4n) is 1.93. The van der Waals surface area contributed by atoms with Crippen molar-refractivity contribution in [2.75, 3.05) is 0 Å². The van der Waals surface area contributed by atoms with Gasteiger partial charge in [0.2, 0.25) is 0 Å². The van der Waals surface area contributed by atoms with Crippen LogP contribution >= 0.6 is 0 Å². The minimum Gasteiger partial charge on any atom is -0.502 e. The summed E-state index contributed by atoms with van der Waals surface area (Å²) in [5.74, 6) is -1.27. The van der Waals surface area contributed by atoms with Gasteiger partial charge in [-0.1, -0.05) is 0 Å². The van der Waals surface area contributed by atoms with Crippen molar-refractivity contribution in [1.82, 2.24) is 0 Å². The second kappa shape index (κ2) is 3.41. The zero-order valence-electron chi connectivity index (χ0n) is 8.44. The number of hydrogen-bond acceptors (Lipinski definition) is 4. The number of benzene rings is 1. The Kier molecular flexibility index (Phi) is 2.31. The highest BCUT2D eigenvalue weighted by Gasteiger charge is 2.39. The molecule has 1 aromatic carbocycles. The van der Waals surface area contributed by atoms with Crippen molar-refractivity contribution in [3.05, 3.63) is 33.6 Å². The van der Waals surface area contributed by atoms with Gasteiger partial charge in [-0.15, -0.1) is 0 Å². The molecule has 2 rings (SSSR count). The van der Waals surface area contributed by atoms with Gasteiger partial charge in [0.25, 0.3) is 0 Å². The van der Waals surface area contributed by atoms with Crippen molar-refractivity contribution in [3.63, 3.8) is 0 Å². The number of nitro groups is 1. The predicted octanol–water partition coefficient (Wildman–Crippen LogP) is 1.78. The molecule has 0 aromatic heterocycles. The fraction of sp³-hybridized carbons (Fsp3) is 0.400. The van der Waals surface area contributed by atoms with Gasteiger partial charge in [0.1, 0.15) is 5.82 Å². The van der Waals surface area contributed by atoms with Crippen molar-refractivity contribution in [2.45, 2.75) is 24.8 Å². The van der Waals surface area contributed by atoms with Crippen molar-refractivity contribution in [3.8, 4) is 5.75 Å². The van der Waals surface area contributed by atoms with E-state index in [0.29, 0.717) is 18.9 Å². The topological polar surface area (TPSA) is 89.4 Å². The third-order valence-corrected chi connectivity index (χ3v) is 3.03. The summed E-state index contributed by atoms with van der Waals surface area (Å²) in [6, 6.07) is 1.77. The van der Waals surface area contributed by atoms with Crippen molar-refractivity contribution < 1.29 is 14.4 Å². The highest BCUT2D eigenvalue weighted by molar-refractivity contribution is 5.54. The molecule has 0 saturated heterocycles. The SMILES string of the molecule is NC1(c2cc(F)cc([N+](=O)[O-])c2O)CCC1. The van der Waals surface area contributed by atoms with E-state index in [9.17, 15) is 19.6 Å². The fourth-order valence-corrected chi connectivity index (χ4v) is 1.93. The van der Waals surface area contributed by atoms with Crippen molar-refractivity contribution in [2.24, 2.45) is 5.73 Å². The number of aromatic hydroxyl groups is 1. The molecule has 1 aromatic rings. The number of nitro benzene ring substituents is 1. The van der Waals surface area contributed by atoms with E-state index >= 15 is 0 Å². The van der Waals surface area contributed by atoms with Gasteiger partial charge < -0.3 is 10.8 Å². The summed E-state index contributed by atoms with van der Waals surface area (Å²) in [6.07, 6.45) is 2.07. The van der Waals surface area contributed by atoms with Crippen LogP contribution in [0, 0.1) is 15.9 Å². The molecule has 1 aliphatic carbocycles. The zero-order chi connectivity index (χ0) is 11.9. The van der Waals surface area contributed by atoms with Gasteiger partial charge in [0, 0.05) is 11.1 Å². The van der Waals surface area contributed by atoms with Gasteiger partial charge in [-0.25, -0.2) is 4.39 Å². The number of nitrogens with zero attached hydrogens (tertiary/aromatic N) is 1. The monoisotopic (exact) mass is 226 g/mol. The van der Waals surface area contributed by atoms with Gasteiger partial charge >= 0.3 is 5.69 Å². The van der Waals surface area contributed by atoms with E-state index in [0.717, 1.165) is 12.5 Å². The summed E-state index contributed by atoms with van der Waals surface area (Å²) in [5.41, 5.74) is 4.59. The highest BCUT2D eigenvalue weighted by atomic mass is 19.1. The molecule has 86 valence electrons. The van der Waals surface area contributed by atoms with E-state index in [4.69, 9.17) is 5.73 Å². The lowest BCUT2D eigenvalue weighted by molar-refractivity contribution is -0.386. The van der Waals surface area contributed by atoms with Crippen LogP contribution in [-0.2, 0) is 5.54 Å². The standard InChI is InChI=1S/C10H11FN2O3/c11-6-4-7(10(12)2-1-3-10)9(14)8(5-6)13(15)16/h4-5,14H,1-3,12H2. The van der Waals surface area contributed by atoms with Crippen LogP contribution < -0.4 is 5.73 Å². The van der Waals surface area contributed by atoms with E-state index in [1.54, 1.807) is 0 Å². The Hall–Kier alpha value is -1.69. The second-order valence-corrected chi connectivity index (χ2v) is 4.09. The molecule has 1 fully saturated rings.